The molecule has 0 aliphatic carbocycles. The number of nitrogens with one attached hydrogen (secondary N) is 1. The zero-order valence-corrected chi connectivity index (χ0v) is 18.1. The summed E-state index contributed by atoms with van der Waals surface area (Å²) in [6.07, 6.45) is 1.57. The van der Waals surface area contributed by atoms with Gasteiger partial charge in [0.05, 0.1) is 22.5 Å². The highest BCUT2D eigenvalue weighted by Crippen LogP contribution is 2.32. The van der Waals surface area contributed by atoms with Crippen LogP contribution in [0.4, 0.5) is 5.82 Å². The molecule has 0 fully saturated rings. The highest BCUT2D eigenvalue weighted by atomic mass is 79.9. The van der Waals surface area contributed by atoms with Crippen molar-refractivity contribution in [2.24, 2.45) is 15.9 Å². The van der Waals surface area contributed by atoms with Crippen molar-refractivity contribution >= 4 is 69.2 Å². The van der Waals surface area contributed by atoms with E-state index in [2.05, 4.69) is 36.1 Å². The number of hydrogen-bond donors (Lipinski definition) is 3. The van der Waals surface area contributed by atoms with Crippen LogP contribution in [0.25, 0.3) is 11.3 Å². The smallest absolute Gasteiger partial charge is 0.199 e. The molecule has 3 aromatic rings. The Kier molecular flexibility index (Phi) is 6.46. The van der Waals surface area contributed by atoms with Crippen molar-refractivity contribution in [1.29, 1.82) is 0 Å². The van der Waals surface area contributed by atoms with Gasteiger partial charge in [-0.2, -0.15) is 5.10 Å². The Labute approximate surface area is 184 Å². The number of anilines is 1. The Bertz CT molecular complexity index is 1140. The molecular weight excluding hydrogens is 483 g/mol. The van der Waals surface area contributed by atoms with Crippen LogP contribution in [0.3, 0.4) is 0 Å². The summed E-state index contributed by atoms with van der Waals surface area (Å²) in [7, 11) is 0. The first-order chi connectivity index (χ1) is 13.3. The van der Waals surface area contributed by atoms with Crippen molar-refractivity contribution in [1.82, 2.24) is 9.97 Å². The van der Waals surface area contributed by atoms with Crippen LogP contribution in [0.15, 0.2) is 57.1 Å². The highest BCUT2D eigenvalue weighted by molar-refractivity contribution is 9.10. The first kappa shape index (κ1) is 20.5. The molecule has 0 saturated carbocycles. The van der Waals surface area contributed by atoms with Crippen LogP contribution in [-0.4, -0.2) is 22.0 Å². The van der Waals surface area contributed by atoms with Crippen LogP contribution < -0.4 is 11.5 Å². The molecule has 6 nitrogen and oxygen atoms in total. The molecule has 0 amide bonds. The minimum atomic E-state index is 0.0608. The average molecular weight is 496 g/mol. The fourth-order valence-electron chi connectivity index (χ4n) is 2.40. The van der Waals surface area contributed by atoms with Crippen molar-refractivity contribution in [3.05, 3.63) is 72.9 Å². The van der Waals surface area contributed by atoms with E-state index in [0.717, 1.165) is 10.0 Å². The number of nitrogens with two attached hydrogens (primary N) is 2. The number of aromatic nitrogens is 2. The number of hydrogen-bond acceptors (Lipinski definition) is 5. The number of rotatable bonds is 4. The van der Waals surface area contributed by atoms with E-state index in [1.165, 1.54) is 0 Å². The lowest BCUT2D eigenvalue weighted by atomic mass is 10.1. The summed E-state index contributed by atoms with van der Waals surface area (Å²) in [5.74, 6) is 0.176. The third-order valence-corrected chi connectivity index (χ3v) is 4.93. The zero-order valence-electron chi connectivity index (χ0n) is 14.2. The topological polar surface area (TPSA) is 105 Å². The number of nitrogen functional groups attached to an aromatic ring is 1. The number of H-pyrrole nitrogens is 1. The Morgan fingerprint density at radius 1 is 1.18 bits per heavy atom. The summed E-state index contributed by atoms with van der Waals surface area (Å²) in [5.41, 5.74) is 14.5. The SMILES string of the molecule is N/C(=N\N=C\c1ccc(Br)cc1)c1c(N)nc(=S)[nH]c1-c1ccc(Cl)cc1Cl. The molecule has 0 aliphatic rings. The number of halogens is 3. The molecule has 0 saturated heterocycles. The minimum absolute atomic E-state index is 0.0608. The highest BCUT2D eigenvalue weighted by Gasteiger charge is 2.17. The fraction of sp³-hybridized carbons (Fsp3) is 0. The standard InChI is InChI=1S/C18H13BrCl2N6S/c19-10-3-1-9(2-4-10)8-24-27-17(23)14-15(25-18(28)26-16(14)22)12-6-5-11(20)7-13(12)21/h1-8H,(H2,23,27)(H3,22,25,26,28)/b24-8+. The molecule has 0 spiro atoms. The van der Waals surface area contributed by atoms with E-state index in [0.29, 0.717) is 26.9 Å². The van der Waals surface area contributed by atoms with Gasteiger partial charge in [0.25, 0.3) is 0 Å². The Morgan fingerprint density at radius 2 is 1.89 bits per heavy atom. The van der Waals surface area contributed by atoms with Crippen LogP contribution in [0, 0.1) is 4.77 Å². The second-order valence-electron chi connectivity index (χ2n) is 5.58. The van der Waals surface area contributed by atoms with Crippen molar-refractivity contribution in [2.75, 3.05) is 5.73 Å². The Balaban J connectivity index is 2.05. The number of nitrogens with zero attached hydrogens (tertiary/aromatic N) is 3. The molecule has 1 heterocycles. The van der Waals surface area contributed by atoms with Crippen molar-refractivity contribution < 1.29 is 0 Å². The van der Waals surface area contributed by atoms with Gasteiger partial charge in [-0.25, -0.2) is 4.98 Å². The molecule has 0 aliphatic heterocycles. The second kappa shape index (κ2) is 8.83. The van der Waals surface area contributed by atoms with E-state index in [4.69, 9.17) is 46.9 Å². The number of aromatic amines is 1. The van der Waals surface area contributed by atoms with Crippen molar-refractivity contribution in [3.8, 4) is 11.3 Å². The molecule has 0 atom stereocenters. The molecule has 10 heteroatoms. The van der Waals surface area contributed by atoms with E-state index in [9.17, 15) is 0 Å². The summed E-state index contributed by atoms with van der Waals surface area (Å²) >= 11 is 20.8. The van der Waals surface area contributed by atoms with Gasteiger partial charge in [-0.15, -0.1) is 5.10 Å². The van der Waals surface area contributed by atoms with E-state index in [1.54, 1.807) is 24.4 Å². The predicted octanol–water partition coefficient (Wildman–Crippen LogP) is 5.20. The molecule has 0 bridgehead atoms. The van der Waals surface area contributed by atoms with Gasteiger partial charge in [-0.3, -0.25) is 0 Å². The summed E-state index contributed by atoms with van der Waals surface area (Å²) in [4.78, 5) is 7.02. The quantitative estimate of drug-likeness (QED) is 0.200. The first-order valence-corrected chi connectivity index (χ1v) is 9.78. The molecule has 2 aromatic carbocycles. The average Bonchev–Trinajstić information content (AvgIpc) is 2.62. The largest absolute Gasteiger partial charge is 0.383 e. The lowest BCUT2D eigenvalue weighted by Crippen LogP contribution is -2.18. The van der Waals surface area contributed by atoms with Crippen molar-refractivity contribution in [3.63, 3.8) is 0 Å². The van der Waals surface area contributed by atoms with Gasteiger partial charge in [0.15, 0.2) is 10.6 Å². The van der Waals surface area contributed by atoms with Crippen LogP contribution in [0.1, 0.15) is 11.1 Å². The van der Waals surface area contributed by atoms with Crippen LogP contribution in [-0.2, 0) is 0 Å². The summed E-state index contributed by atoms with van der Waals surface area (Å²) in [6, 6.07) is 12.6. The molecule has 142 valence electrons. The number of benzene rings is 2. The lowest BCUT2D eigenvalue weighted by Gasteiger charge is -2.12. The zero-order chi connectivity index (χ0) is 20.3. The van der Waals surface area contributed by atoms with Gasteiger partial charge in [-0.1, -0.05) is 51.3 Å². The monoisotopic (exact) mass is 494 g/mol. The Hall–Kier alpha value is -2.26. The maximum Gasteiger partial charge on any atom is 0.199 e. The molecule has 5 N–H and O–H groups in total. The fourth-order valence-corrected chi connectivity index (χ4v) is 3.37. The summed E-state index contributed by atoms with van der Waals surface area (Å²) in [6.45, 7) is 0. The van der Waals surface area contributed by atoms with E-state index < -0.39 is 0 Å². The Morgan fingerprint density at radius 3 is 2.57 bits per heavy atom. The normalized spacial score (nSPS) is 11.9. The van der Waals surface area contributed by atoms with E-state index in [1.807, 2.05) is 24.3 Å². The molecule has 1 aromatic heterocycles. The van der Waals surface area contributed by atoms with Crippen molar-refractivity contribution in [2.45, 2.75) is 0 Å². The lowest BCUT2D eigenvalue weighted by molar-refractivity contribution is 1.13. The first-order valence-electron chi connectivity index (χ1n) is 7.83. The van der Waals surface area contributed by atoms with Crippen LogP contribution in [0.2, 0.25) is 10.0 Å². The summed E-state index contributed by atoms with van der Waals surface area (Å²) < 4.78 is 1.16. The number of amidine groups is 1. The van der Waals surface area contributed by atoms with E-state index >= 15 is 0 Å². The third kappa shape index (κ3) is 4.77. The van der Waals surface area contributed by atoms with Gasteiger partial charge in [0.1, 0.15) is 5.82 Å². The molecule has 28 heavy (non-hydrogen) atoms. The third-order valence-electron chi connectivity index (χ3n) is 3.66. The summed E-state index contributed by atoms with van der Waals surface area (Å²) in [5, 5.41) is 8.97. The molecule has 0 radical (unpaired) electrons. The minimum Gasteiger partial charge on any atom is -0.383 e. The van der Waals surface area contributed by atoms with Gasteiger partial charge in [-0.05, 0) is 48.1 Å². The maximum atomic E-state index is 6.33. The molecule has 0 unspecified atom stereocenters. The molecular formula is C18H13BrCl2N6S. The molecule has 3 rings (SSSR count). The van der Waals surface area contributed by atoms with Gasteiger partial charge < -0.3 is 16.5 Å². The predicted molar refractivity (Wildman–Crippen MR) is 122 cm³/mol. The van der Waals surface area contributed by atoms with Gasteiger partial charge >= 0.3 is 0 Å². The van der Waals surface area contributed by atoms with Crippen LogP contribution >= 0.6 is 51.3 Å². The van der Waals surface area contributed by atoms with Gasteiger partial charge in [0.2, 0.25) is 0 Å². The van der Waals surface area contributed by atoms with Crippen LogP contribution in [0.5, 0.6) is 0 Å². The van der Waals surface area contributed by atoms with E-state index in [-0.39, 0.29) is 16.4 Å². The maximum absolute atomic E-state index is 6.33. The second-order valence-corrected chi connectivity index (χ2v) is 7.73. The van der Waals surface area contributed by atoms with Gasteiger partial charge in [0, 0.05) is 15.1 Å².